The Bertz CT molecular complexity index is 698. The number of halogens is 1. The van der Waals surface area contributed by atoms with Gasteiger partial charge in [0.25, 0.3) is 0 Å². The number of nitrogens with zero attached hydrogens (tertiary/aromatic N) is 3. The van der Waals surface area contributed by atoms with E-state index >= 15 is 0 Å². The van der Waals surface area contributed by atoms with Crippen LogP contribution in [0.15, 0.2) is 30.6 Å². The predicted molar refractivity (Wildman–Crippen MR) is 88.8 cm³/mol. The zero-order valence-corrected chi connectivity index (χ0v) is 13.8. The first-order valence-electron chi connectivity index (χ1n) is 7.85. The van der Waals surface area contributed by atoms with Crippen molar-refractivity contribution in [2.75, 3.05) is 32.6 Å². The van der Waals surface area contributed by atoms with E-state index in [1.807, 2.05) is 6.07 Å². The molecule has 1 unspecified atom stereocenters. The molecule has 7 heteroatoms. The molecular formula is C17H21FN4O2. The van der Waals surface area contributed by atoms with Crippen molar-refractivity contribution >= 4 is 5.82 Å². The molecule has 0 amide bonds. The molecule has 1 N–H and O–H groups in total. The Morgan fingerprint density at radius 2 is 2.12 bits per heavy atom. The second-order valence-electron chi connectivity index (χ2n) is 5.78. The highest BCUT2D eigenvalue weighted by molar-refractivity contribution is 5.38. The fraction of sp³-hybridized carbons (Fsp3) is 0.412. The van der Waals surface area contributed by atoms with Crippen molar-refractivity contribution in [1.82, 2.24) is 14.9 Å². The third-order valence-electron chi connectivity index (χ3n) is 4.10. The van der Waals surface area contributed by atoms with Crippen molar-refractivity contribution in [2.45, 2.75) is 19.0 Å². The van der Waals surface area contributed by atoms with E-state index < -0.39 is 0 Å². The van der Waals surface area contributed by atoms with Gasteiger partial charge in [-0.25, -0.2) is 14.4 Å². The molecule has 6 nitrogen and oxygen atoms in total. The third kappa shape index (κ3) is 3.91. The maximum Gasteiger partial charge on any atom is 0.218 e. The van der Waals surface area contributed by atoms with Gasteiger partial charge in [-0.05, 0) is 24.1 Å². The van der Waals surface area contributed by atoms with Gasteiger partial charge in [0, 0.05) is 31.7 Å². The summed E-state index contributed by atoms with van der Waals surface area (Å²) in [6, 6.07) is 7.19. The Morgan fingerprint density at radius 1 is 1.25 bits per heavy atom. The predicted octanol–water partition coefficient (Wildman–Crippen LogP) is 2.32. The number of anilines is 1. The Balaban J connectivity index is 1.56. The molecule has 0 radical (unpaired) electrons. The van der Waals surface area contributed by atoms with E-state index in [1.165, 1.54) is 19.5 Å². The third-order valence-corrected chi connectivity index (χ3v) is 4.10. The van der Waals surface area contributed by atoms with E-state index in [9.17, 15) is 4.39 Å². The molecule has 1 saturated heterocycles. The minimum Gasteiger partial charge on any atom is -0.494 e. The zero-order valence-electron chi connectivity index (χ0n) is 13.8. The van der Waals surface area contributed by atoms with Crippen molar-refractivity contribution in [3.8, 4) is 11.6 Å². The molecule has 1 aromatic heterocycles. The van der Waals surface area contributed by atoms with Crippen LogP contribution in [0.5, 0.6) is 11.6 Å². The normalized spacial score (nSPS) is 17.7. The standard InChI is InChI=1S/C17H21FN4O2/c1-23-15-4-3-12(7-14(15)18)9-22-6-5-13(10-22)21-16-8-17(24-2)20-11-19-16/h3-4,7-8,11,13H,5-6,9-10H2,1-2H3,(H,19,20,21). The summed E-state index contributed by atoms with van der Waals surface area (Å²) in [5.74, 6) is 1.25. The van der Waals surface area contributed by atoms with Gasteiger partial charge in [-0.2, -0.15) is 0 Å². The molecule has 0 spiro atoms. The van der Waals surface area contributed by atoms with Gasteiger partial charge in [0.15, 0.2) is 11.6 Å². The number of likely N-dealkylation sites (tertiary alicyclic amines) is 1. The second kappa shape index (κ2) is 7.44. The van der Waals surface area contributed by atoms with Crippen LogP contribution >= 0.6 is 0 Å². The molecule has 1 aromatic carbocycles. The maximum absolute atomic E-state index is 13.8. The van der Waals surface area contributed by atoms with Crippen LogP contribution in [0.4, 0.5) is 10.2 Å². The van der Waals surface area contributed by atoms with Crippen LogP contribution in [0, 0.1) is 5.82 Å². The van der Waals surface area contributed by atoms with Crippen LogP contribution in [-0.2, 0) is 6.54 Å². The Morgan fingerprint density at radius 3 is 2.88 bits per heavy atom. The SMILES string of the molecule is COc1cc(NC2CCN(Cc3ccc(OC)c(F)c3)C2)ncn1. The number of methoxy groups -OCH3 is 2. The van der Waals surface area contributed by atoms with E-state index in [4.69, 9.17) is 9.47 Å². The lowest BCUT2D eigenvalue weighted by Crippen LogP contribution is -2.26. The Kier molecular flexibility index (Phi) is 5.10. The molecule has 0 bridgehead atoms. The summed E-state index contributed by atoms with van der Waals surface area (Å²) >= 11 is 0. The summed E-state index contributed by atoms with van der Waals surface area (Å²) in [6.07, 6.45) is 2.49. The van der Waals surface area contributed by atoms with Crippen molar-refractivity contribution in [3.05, 3.63) is 42.0 Å². The highest BCUT2D eigenvalue weighted by atomic mass is 19.1. The van der Waals surface area contributed by atoms with Gasteiger partial charge in [0.1, 0.15) is 12.1 Å². The molecule has 0 saturated carbocycles. The summed E-state index contributed by atoms with van der Waals surface area (Å²) in [5, 5.41) is 3.39. The molecule has 1 atom stereocenters. The first-order chi connectivity index (χ1) is 11.7. The highest BCUT2D eigenvalue weighted by Crippen LogP contribution is 2.21. The number of rotatable bonds is 6. The van der Waals surface area contributed by atoms with Gasteiger partial charge < -0.3 is 14.8 Å². The summed E-state index contributed by atoms with van der Waals surface area (Å²) in [4.78, 5) is 10.5. The smallest absolute Gasteiger partial charge is 0.218 e. The van der Waals surface area contributed by atoms with Gasteiger partial charge in [-0.15, -0.1) is 0 Å². The van der Waals surface area contributed by atoms with Crippen LogP contribution in [0.2, 0.25) is 0 Å². The lowest BCUT2D eigenvalue weighted by atomic mass is 10.2. The molecule has 1 fully saturated rings. The van der Waals surface area contributed by atoms with E-state index in [1.54, 1.807) is 19.2 Å². The van der Waals surface area contributed by atoms with Gasteiger partial charge in [0.05, 0.1) is 14.2 Å². The number of hydrogen-bond acceptors (Lipinski definition) is 6. The summed E-state index contributed by atoms with van der Waals surface area (Å²) in [6.45, 7) is 2.54. The second-order valence-corrected chi connectivity index (χ2v) is 5.78. The Hall–Kier alpha value is -2.41. The van der Waals surface area contributed by atoms with E-state index in [2.05, 4.69) is 20.2 Å². The summed E-state index contributed by atoms with van der Waals surface area (Å²) in [5.41, 5.74) is 0.942. The molecule has 1 aliphatic heterocycles. The van der Waals surface area contributed by atoms with Gasteiger partial charge in [-0.3, -0.25) is 4.90 Å². The molecule has 24 heavy (non-hydrogen) atoms. The Labute approximate surface area is 140 Å². The molecule has 128 valence electrons. The lowest BCUT2D eigenvalue weighted by Gasteiger charge is -2.17. The number of nitrogens with one attached hydrogen (secondary N) is 1. The topological polar surface area (TPSA) is 59.5 Å². The van der Waals surface area contributed by atoms with Crippen molar-refractivity contribution < 1.29 is 13.9 Å². The van der Waals surface area contributed by atoms with E-state index in [-0.39, 0.29) is 11.6 Å². The van der Waals surface area contributed by atoms with Gasteiger partial charge >= 0.3 is 0 Å². The fourth-order valence-electron chi connectivity index (χ4n) is 2.90. The molecule has 1 aliphatic rings. The molecule has 2 heterocycles. The van der Waals surface area contributed by atoms with Crippen LogP contribution < -0.4 is 14.8 Å². The average Bonchev–Trinajstić information content (AvgIpc) is 3.02. The fourth-order valence-corrected chi connectivity index (χ4v) is 2.90. The van der Waals surface area contributed by atoms with Crippen LogP contribution in [0.3, 0.4) is 0 Å². The summed E-state index contributed by atoms with van der Waals surface area (Å²) < 4.78 is 23.8. The van der Waals surface area contributed by atoms with Crippen molar-refractivity contribution in [3.63, 3.8) is 0 Å². The van der Waals surface area contributed by atoms with Crippen LogP contribution in [0.1, 0.15) is 12.0 Å². The number of benzene rings is 1. The first kappa shape index (κ1) is 16.4. The van der Waals surface area contributed by atoms with Crippen molar-refractivity contribution in [2.24, 2.45) is 0 Å². The molecule has 3 rings (SSSR count). The minimum atomic E-state index is -0.322. The summed E-state index contributed by atoms with van der Waals surface area (Å²) in [7, 11) is 3.05. The quantitative estimate of drug-likeness (QED) is 0.876. The number of hydrogen-bond donors (Lipinski definition) is 1. The minimum absolute atomic E-state index is 0.275. The van der Waals surface area contributed by atoms with Crippen LogP contribution in [-0.4, -0.2) is 48.2 Å². The molecule has 0 aliphatic carbocycles. The lowest BCUT2D eigenvalue weighted by molar-refractivity contribution is 0.327. The van der Waals surface area contributed by atoms with Gasteiger partial charge in [-0.1, -0.05) is 6.07 Å². The van der Waals surface area contributed by atoms with Crippen LogP contribution in [0.25, 0.3) is 0 Å². The molecular weight excluding hydrogens is 311 g/mol. The maximum atomic E-state index is 13.8. The monoisotopic (exact) mass is 332 g/mol. The largest absolute Gasteiger partial charge is 0.494 e. The zero-order chi connectivity index (χ0) is 16.9. The average molecular weight is 332 g/mol. The number of aromatic nitrogens is 2. The first-order valence-corrected chi connectivity index (χ1v) is 7.85. The molecule has 2 aromatic rings. The van der Waals surface area contributed by atoms with E-state index in [0.29, 0.717) is 18.5 Å². The van der Waals surface area contributed by atoms with E-state index in [0.717, 1.165) is 30.9 Å². The highest BCUT2D eigenvalue weighted by Gasteiger charge is 2.23. The van der Waals surface area contributed by atoms with Crippen molar-refractivity contribution in [1.29, 1.82) is 0 Å². The number of ether oxygens (including phenoxy) is 2. The van der Waals surface area contributed by atoms with Gasteiger partial charge in [0.2, 0.25) is 5.88 Å².